The lowest BCUT2D eigenvalue weighted by atomic mass is 10.3. The summed E-state index contributed by atoms with van der Waals surface area (Å²) in [6.45, 7) is 0. The monoisotopic (exact) mass is 251 g/mol. The molecule has 3 rings (SSSR count). The van der Waals surface area contributed by atoms with E-state index in [1.165, 1.54) is 20.9 Å². The SMILES string of the molecule is O=C(c1ccns1)c1cc2sccc2s1. The molecule has 0 N–H and O–H groups in total. The van der Waals surface area contributed by atoms with Crippen molar-refractivity contribution in [2.45, 2.75) is 0 Å². The first kappa shape index (κ1) is 9.21. The van der Waals surface area contributed by atoms with Crippen molar-refractivity contribution in [3.05, 3.63) is 39.5 Å². The summed E-state index contributed by atoms with van der Waals surface area (Å²) in [7, 11) is 0. The van der Waals surface area contributed by atoms with Crippen LogP contribution >= 0.6 is 34.2 Å². The predicted octanol–water partition coefficient (Wildman–Crippen LogP) is 3.65. The molecule has 0 amide bonds. The van der Waals surface area contributed by atoms with Crippen LogP contribution < -0.4 is 0 Å². The maximum Gasteiger partial charge on any atom is 0.214 e. The minimum atomic E-state index is 0.0888. The zero-order valence-corrected chi connectivity index (χ0v) is 9.92. The number of thiophene rings is 2. The van der Waals surface area contributed by atoms with Crippen LogP contribution in [-0.2, 0) is 0 Å². The van der Waals surface area contributed by atoms with Gasteiger partial charge in [-0.15, -0.1) is 22.7 Å². The molecule has 0 aliphatic heterocycles. The van der Waals surface area contributed by atoms with Gasteiger partial charge in [0.05, 0.1) is 9.75 Å². The number of carbonyl (C=O) groups is 1. The maximum atomic E-state index is 12.0. The predicted molar refractivity (Wildman–Crippen MR) is 65.2 cm³/mol. The summed E-state index contributed by atoms with van der Waals surface area (Å²) in [5, 5.41) is 2.04. The summed E-state index contributed by atoms with van der Waals surface area (Å²) in [6.07, 6.45) is 1.66. The van der Waals surface area contributed by atoms with E-state index in [4.69, 9.17) is 0 Å². The van der Waals surface area contributed by atoms with Gasteiger partial charge in [-0.3, -0.25) is 4.79 Å². The Morgan fingerprint density at radius 3 is 2.87 bits per heavy atom. The molecule has 0 saturated carbocycles. The lowest BCUT2D eigenvalue weighted by molar-refractivity contribution is 0.104. The first-order chi connectivity index (χ1) is 7.34. The number of hydrogen-bond donors (Lipinski definition) is 0. The number of rotatable bonds is 2. The van der Waals surface area contributed by atoms with Gasteiger partial charge in [0.15, 0.2) is 0 Å². The molecule has 0 fully saturated rings. The van der Waals surface area contributed by atoms with Crippen LogP contribution in [-0.4, -0.2) is 10.2 Å². The van der Waals surface area contributed by atoms with Crippen molar-refractivity contribution in [3.63, 3.8) is 0 Å². The molecule has 0 spiro atoms. The summed E-state index contributed by atoms with van der Waals surface area (Å²) < 4.78 is 6.31. The van der Waals surface area contributed by atoms with E-state index in [0.29, 0.717) is 4.88 Å². The Balaban J connectivity index is 2.07. The molecule has 3 aromatic rings. The molecule has 0 radical (unpaired) electrons. The number of aromatic nitrogens is 1. The highest BCUT2D eigenvalue weighted by Gasteiger charge is 2.14. The van der Waals surface area contributed by atoms with Crippen LogP contribution in [0.2, 0.25) is 0 Å². The van der Waals surface area contributed by atoms with Crippen LogP contribution in [0.5, 0.6) is 0 Å². The van der Waals surface area contributed by atoms with Crippen molar-refractivity contribution in [1.29, 1.82) is 0 Å². The smallest absolute Gasteiger partial charge is 0.214 e. The fourth-order valence-corrected chi connectivity index (χ4v) is 4.01. The molecule has 0 aromatic carbocycles. The standard InChI is InChI=1S/C10H5NOS3/c12-10(7-1-3-11-15-7)9-5-8-6(14-9)2-4-13-8/h1-5H. The van der Waals surface area contributed by atoms with Crippen molar-refractivity contribution in [2.24, 2.45) is 0 Å². The van der Waals surface area contributed by atoms with E-state index in [0.717, 1.165) is 4.88 Å². The van der Waals surface area contributed by atoms with Gasteiger partial charge in [-0.2, -0.15) is 0 Å². The van der Waals surface area contributed by atoms with Gasteiger partial charge >= 0.3 is 0 Å². The van der Waals surface area contributed by atoms with Crippen LogP contribution in [0.3, 0.4) is 0 Å². The van der Waals surface area contributed by atoms with E-state index in [1.807, 2.05) is 17.5 Å². The molecule has 15 heavy (non-hydrogen) atoms. The van der Waals surface area contributed by atoms with Gasteiger partial charge in [-0.1, -0.05) is 0 Å². The number of carbonyl (C=O) groups excluding carboxylic acids is 1. The summed E-state index contributed by atoms with van der Waals surface area (Å²) >= 11 is 4.47. The van der Waals surface area contributed by atoms with Crippen molar-refractivity contribution in [1.82, 2.24) is 4.37 Å². The average molecular weight is 251 g/mol. The van der Waals surface area contributed by atoms with Gasteiger partial charge in [-0.05, 0) is 35.1 Å². The van der Waals surface area contributed by atoms with Crippen LogP contribution in [0, 0.1) is 0 Å². The first-order valence-corrected chi connectivity index (χ1v) is 6.74. The highest BCUT2D eigenvalue weighted by Crippen LogP contribution is 2.31. The topological polar surface area (TPSA) is 30.0 Å². The van der Waals surface area contributed by atoms with Crippen molar-refractivity contribution in [2.75, 3.05) is 0 Å². The number of hydrogen-bond acceptors (Lipinski definition) is 5. The second-order valence-corrected chi connectivity index (χ2v) is 5.83. The van der Waals surface area contributed by atoms with Crippen LogP contribution in [0.1, 0.15) is 14.5 Å². The molecule has 2 nitrogen and oxygen atoms in total. The highest BCUT2D eigenvalue weighted by atomic mass is 32.1. The molecule has 0 atom stereocenters. The normalized spacial score (nSPS) is 10.9. The Morgan fingerprint density at radius 2 is 2.13 bits per heavy atom. The molecular formula is C10H5NOS3. The molecule has 0 aliphatic rings. The number of ketones is 1. The van der Waals surface area contributed by atoms with Gasteiger partial charge in [0.25, 0.3) is 0 Å². The van der Waals surface area contributed by atoms with Crippen molar-refractivity contribution >= 4 is 49.4 Å². The maximum absolute atomic E-state index is 12.0. The van der Waals surface area contributed by atoms with Gasteiger partial charge in [0.2, 0.25) is 5.78 Å². The average Bonchev–Trinajstić information content (AvgIpc) is 2.92. The zero-order chi connectivity index (χ0) is 10.3. The van der Waals surface area contributed by atoms with E-state index in [9.17, 15) is 4.79 Å². The lowest BCUT2D eigenvalue weighted by Crippen LogP contribution is -1.93. The van der Waals surface area contributed by atoms with Gasteiger partial charge in [0.1, 0.15) is 0 Å². The molecular weight excluding hydrogens is 246 g/mol. The van der Waals surface area contributed by atoms with Crippen LogP contribution in [0.4, 0.5) is 0 Å². The van der Waals surface area contributed by atoms with E-state index >= 15 is 0 Å². The molecule has 0 bridgehead atoms. The molecule has 0 unspecified atom stereocenters. The van der Waals surface area contributed by atoms with Crippen LogP contribution in [0.25, 0.3) is 9.40 Å². The lowest BCUT2D eigenvalue weighted by Gasteiger charge is -1.89. The molecule has 74 valence electrons. The third-order valence-electron chi connectivity index (χ3n) is 2.02. The number of nitrogens with zero attached hydrogens (tertiary/aromatic N) is 1. The first-order valence-electron chi connectivity index (χ1n) is 4.27. The molecule has 3 heterocycles. The van der Waals surface area contributed by atoms with Gasteiger partial charge in [0, 0.05) is 15.6 Å². The Kier molecular flexibility index (Phi) is 2.16. The van der Waals surface area contributed by atoms with Crippen molar-refractivity contribution in [3.8, 4) is 0 Å². The summed E-state index contributed by atoms with van der Waals surface area (Å²) in [4.78, 5) is 13.5. The van der Waals surface area contributed by atoms with E-state index in [2.05, 4.69) is 4.37 Å². The minimum Gasteiger partial charge on any atom is -0.287 e. The Bertz CT molecular complexity index is 577. The second kappa shape index (κ2) is 3.52. The Labute approximate surface area is 98.0 Å². The third-order valence-corrected chi connectivity index (χ3v) is 4.86. The zero-order valence-electron chi connectivity index (χ0n) is 7.47. The van der Waals surface area contributed by atoms with Crippen LogP contribution in [0.15, 0.2) is 29.8 Å². The quantitative estimate of drug-likeness (QED) is 0.651. The second-order valence-electron chi connectivity index (χ2n) is 2.97. The minimum absolute atomic E-state index is 0.0888. The molecule has 5 heteroatoms. The summed E-state index contributed by atoms with van der Waals surface area (Å²) in [6, 6.07) is 5.78. The Morgan fingerprint density at radius 1 is 1.20 bits per heavy atom. The molecule has 3 aromatic heterocycles. The van der Waals surface area contributed by atoms with Gasteiger partial charge < -0.3 is 0 Å². The summed E-state index contributed by atoms with van der Waals surface area (Å²) in [5.41, 5.74) is 0. The fraction of sp³-hybridized carbons (Fsp3) is 0. The highest BCUT2D eigenvalue weighted by molar-refractivity contribution is 7.28. The third kappa shape index (κ3) is 1.52. The Hall–Kier alpha value is -1.04. The van der Waals surface area contributed by atoms with E-state index in [1.54, 1.807) is 34.9 Å². The van der Waals surface area contributed by atoms with E-state index in [-0.39, 0.29) is 5.78 Å². The summed E-state index contributed by atoms with van der Waals surface area (Å²) in [5.74, 6) is 0.0888. The van der Waals surface area contributed by atoms with E-state index < -0.39 is 0 Å². The fourth-order valence-electron chi connectivity index (χ4n) is 1.33. The molecule has 0 saturated heterocycles. The number of fused-ring (bicyclic) bond motifs is 1. The van der Waals surface area contributed by atoms with Crippen molar-refractivity contribution < 1.29 is 4.79 Å². The largest absolute Gasteiger partial charge is 0.287 e. The molecule has 0 aliphatic carbocycles. The van der Waals surface area contributed by atoms with Gasteiger partial charge in [-0.25, -0.2) is 4.37 Å².